The molecule has 1 atom stereocenters. The summed E-state index contributed by atoms with van der Waals surface area (Å²) in [4.78, 5) is 15.2. The average Bonchev–Trinajstić information content (AvgIpc) is 2.35. The summed E-state index contributed by atoms with van der Waals surface area (Å²) >= 11 is 1.43. The molecule has 0 radical (unpaired) electrons. The van der Waals surface area contributed by atoms with Crippen LogP contribution in [0.4, 0.5) is 0 Å². The van der Waals surface area contributed by atoms with Gasteiger partial charge in [-0.05, 0) is 0 Å². The molecule has 4 N–H and O–H groups in total. The fourth-order valence-electron chi connectivity index (χ4n) is 0.726. The zero-order valence-electron chi connectivity index (χ0n) is 5.86. The number of amides is 1. The lowest BCUT2D eigenvalue weighted by atomic mass is 10.2. The Morgan fingerprint density at radius 1 is 1.82 bits per heavy atom. The Kier molecular flexibility index (Phi) is 2.56. The van der Waals surface area contributed by atoms with E-state index in [9.17, 15) is 4.79 Å². The van der Waals surface area contributed by atoms with Crippen LogP contribution in [0.3, 0.4) is 0 Å². The van der Waals surface area contributed by atoms with Crippen molar-refractivity contribution in [1.82, 2.24) is 4.98 Å². The summed E-state index contributed by atoms with van der Waals surface area (Å²) in [6, 6.07) is -0.292. The van der Waals surface area contributed by atoms with Crippen molar-refractivity contribution in [3.8, 4) is 0 Å². The molecule has 0 bridgehead atoms. The van der Waals surface area contributed by atoms with E-state index in [1.807, 2.05) is 0 Å². The van der Waals surface area contributed by atoms with Crippen LogP contribution < -0.4 is 11.5 Å². The molecule has 11 heavy (non-hydrogen) atoms. The van der Waals surface area contributed by atoms with Crippen LogP contribution in [0.15, 0.2) is 11.7 Å². The zero-order valence-corrected chi connectivity index (χ0v) is 6.67. The molecule has 1 amide bonds. The third-order valence-corrected chi connectivity index (χ3v) is 2.15. The largest absolute Gasteiger partial charge is 0.370 e. The van der Waals surface area contributed by atoms with Gasteiger partial charge in [0.2, 0.25) is 5.91 Å². The van der Waals surface area contributed by atoms with Crippen LogP contribution >= 0.6 is 11.3 Å². The highest BCUT2D eigenvalue weighted by Crippen LogP contribution is 2.16. The van der Waals surface area contributed by atoms with Crippen molar-refractivity contribution < 1.29 is 4.79 Å². The first kappa shape index (κ1) is 8.16. The van der Waals surface area contributed by atoms with Crippen LogP contribution in [0.5, 0.6) is 0 Å². The lowest BCUT2D eigenvalue weighted by Gasteiger charge is -2.03. The summed E-state index contributed by atoms with van der Waals surface area (Å²) in [5, 5.41) is 0. The number of carbonyl (C=O) groups is 1. The molecule has 60 valence electrons. The number of hydrogen-bond acceptors (Lipinski definition) is 4. The standard InChI is InChI=1S/C6H9N3OS/c7-4(1-6(8)10)5-2-9-3-11-5/h2-4H,1,7H2,(H2,8,10)/t4-/m1/s1. The van der Waals surface area contributed by atoms with Crippen molar-refractivity contribution in [1.29, 1.82) is 0 Å². The normalized spacial score (nSPS) is 12.8. The summed E-state index contributed by atoms with van der Waals surface area (Å²) in [6.07, 6.45) is 1.83. The molecular formula is C6H9N3OS. The molecule has 0 unspecified atom stereocenters. The fourth-order valence-corrected chi connectivity index (χ4v) is 1.35. The van der Waals surface area contributed by atoms with E-state index >= 15 is 0 Å². The molecule has 0 saturated heterocycles. The number of aromatic nitrogens is 1. The van der Waals surface area contributed by atoms with Crippen molar-refractivity contribution in [3.63, 3.8) is 0 Å². The number of carbonyl (C=O) groups excluding carboxylic acids is 1. The molecule has 4 nitrogen and oxygen atoms in total. The van der Waals surface area contributed by atoms with E-state index < -0.39 is 0 Å². The van der Waals surface area contributed by atoms with Gasteiger partial charge in [-0.15, -0.1) is 11.3 Å². The van der Waals surface area contributed by atoms with Gasteiger partial charge in [-0.1, -0.05) is 0 Å². The van der Waals surface area contributed by atoms with Gasteiger partial charge >= 0.3 is 0 Å². The third-order valence-electron chi connectivity index (χ3n) is 1.24. The monoisotopic (exact) mass is 171 g/mol. The molecule has 0 saturated carbocycles. The van der Waals surface area contributed by atoms with Crippen molar-refractivity contribution in [3.05, 3.63) is 16.6 Å². The SMILES string of the molecule is NC(=O)C[C@@H](N)c1cncs1. The van der Waals surface area contributed by atoms with E-state index in [1.54, 1.807) is 11.7 Å². The predicted molar refractivity (Wildman–Crippen MR) is 42.9 cm³/mol. The van der Waals surface area contributed by atoms with E-state index in [0.717, 1.165) is 4.88 Å². The first-order valence-electron chi connectivity index (χ1n) is 3.12. The molecule has 0 spiro atoms. The second-order valence-electron chi connectivity index (χ2n) is 2.18. The molecule has 0 aromatic carbocycles. The van der Waals surface area contributed by atoms with Gasteiger partial charge in [-0.2, -0.15) is 0 Å². The van der Waals surface area contributed by atoms with Crippen LogP contribution in [0, 0.1) is 0 Å². The average molecular weight is 171 g/mol. The van der Waals surface area contributed by atoms with Crippen LogP contribution in [0.2, 0.25) is 0 Å². The van der Waals surface area contributed by atoms with Gasteiger partial charge in [0.05, 0.1) is 5.51 Å². The van der Waals surface area contributed by atoms with Gasteiger partial charge in [0, 0.05) is 23.5 Å². The van der Waals surface area contributed by atoms with Gasteiger partial charge in [0.25, 0.3) is 0 Å². The maximum atomic E-state index is 10.4. The first-order chi connectivity index (χ1) is 5.20. The third kappa shape index (κ3) is 2.28. The first-order valence-corrected chi connectivity index (χ1v) is 4.00. The molecule has 0 aliphatic carbocycles. The Morgan fingerprint density at radius 2 is 2.55 bits per heavy atom. The van der Waals surface area contributed by atoms with E-state index in [2.05, 4.69) is 4.98 Å². The molecule has 0 aliphatic heterocycles. The van der Waals surface area contributed by atoms with E-state index in [0.29, 0.717) is 0 Å². The molecule has 1 heterocycles. The Hall–Kier alpha value is -0.940. The second-order valence-corrected chi connectivity index (χ2v) is 3.10. The summed E-state index contributed by atoms with van der Waals surface area (Å²) in [5.41, 5.74) is 12.3. The topological polar surface area (TPSA) is 82.0 Å². The summed E-state index contributed by atoms with van der Waals surface area (Å²) in [6.45, 7) is 0. The van der Waals surface area contributed by atoms with Crippen LogP contribution in [0.1, 0.15) is 17.3 Å². The maximum Gasteiger partial charge on any atom is 0.219 e. The lowest BCUT2D eigenvalue weighted by molar-refractivity contribution is -0.118. The number of nitrogens with two attached hydrogens (primary N) is 2. The molecule has 5 heteroatoms. The summed E-state index contributed by atoms with van der Waals surface area (Å²) < 4.78 is 0. The molecular weight excluding hydrogens is 162 g/mol. The smallest absolute Gasteiger partial charge is 0.219 e. The number of nitrogens with zero attached hydrogens (tertiary/aromatic N) is 1. The van der Waals surface area contributed by atoms with E-state index in [1.165, 1.54) is 11.3 Å². The van der Waals surface area contributed by atoms with E-state index in [-0.39, 0.29) is 18.4 Å². The predicted octanol–water partition coefficient (Wildman–Crippen LogP) is 0.0183. The van der Waals surface area contributed by atoms with Crippen LogP contribution in [-0.2, 0) is 4.79 Å². The molecule has 1 rings (SSSR count). The summed E-state index contributed by atoms with van der Waals surface area (Å²) in [5.74, 6) is -0.383. The highest BCUT2D eigenvalue weighted by Gasteiger charge is 2.09. The molecule has 1 aromatic heterocycles. The minimum atomic E-state index is -0.383. The van der Waals surface area contributed by atoms with Crippen LogP contribution in [-0.4, -0.2) is 10.9 Å². The Labute approximate surface area is 68.2 Å². The minimum Gasteiger partial charge on any atom is -0.370 e. The van der Waals surface area contributed by atoms with Gasteiger partial charge in [-0.3, -0.25) is 9.78 Å². The summed E-state index contributed by atoms with van der Waals surface area (Å²) in [7, 11) is 0. The number of rotatable bonds is 3. The Morgan fingerprint density at radius 3 is 3.00 bits per heavy atom. The number of hydrogen-bond donors (Lipinski definition) is 2. The minimum absolute atomic E-state index is 0.183. The van der Waals surface area contributed by atoms with E-state index in [4.69, 9.17) is 11.5 Å². The Balaban J connectivity index is 2.56. The van der Waals surface area contributed by atoms with Gasteiger partial charge in [-0.25, -0.2) is 0 Å². The molecule has 1 aromatic rings. The zero-order chi connectivity index (χ0) is 8.27. The van der Waals surface area contributed by atoms with Gasteiger partial charge < -0.3 is 11.5 Å². The van der Waals surface area contributed by atoms with Crippen molar-refractivity contribution in [2.75, 3.05) is 0 Å². The lowest BCUT2D eigenvalue weighted by Crippen LogP contribution is -2.19. The number of primary amides is 1. The van der Waals surface area contributed by atoms with Crippen LogP contribution in [0.25, 0.3) is 0 Å². The molecule has 0 fully saturated rings. The van der Waals surface area contributed by atoms with Crippen molar-refractivity contribution in [2.45, 2.75) is 12.5 Å². The fraction of sp³-hybridized carbons (Fsp3) is 0.333. The van der Waals surface area contributed by atoms with Gasteiger partial charge in [0.1, 0.15) is 0 Å². The molecule has 0 aliphatic rings. The highest BCUT2D eigenvalue weighted by atomic mass is 32.1. The highest BCUT2D eigenvalue weighted by molar-refractivity contribution is 7.09. The Bertz CT molecular complexity index is 234. The second kappa shape index (κ2) is 3.45. The van der Waals surface area contributed by atoms with Crippen molar-refractivity contribution >= 4 is 17.2 Å². The quantitative estimate of drug-likeness (QED) is 0.672. The maximum absolute atomic E-state index is 10.4. The van der Waals surface area contributed by atoms with Gasteiger partial charge in [0.15, 0.2) is 0 Å². The number of thiazole rings is 1. The van der Waals surface area contributed by atoms with Crippen molar-refractivity contribution in [2.24, 2.45) is 11.5 Å².